The molecule has 6 heteroatoms. The molecule has 1 aromatic rings. The summed E-state index contributed by atoms with van der Waals surface area (Å²) in [5.41, 5.74) is 0.656. The van der Waals surface area contributed by atoms with Crippen LogP contribution in [0.15, 0.2) is 24.5 Å². The van der Waals surface area contributed by atoms with E-state index in [1.165, 1.54) is 0 Å². The summed E-state index contributed by atoms with van der Waals surface area (Å²) < 4.78 is 0. The highest BCUT2D eigenvalue weighted by atomic mass is 16.2. The summed E-state index contributed by atoms with van der Waals surface area (Å²) in [6.07, 6.45) is 7.29. The average molecular weight is 356 g/mol. The Kier molecular flexibility index (Phi) is 5.20. The zero-order valence-corrected chi connectivity index (χ0v) is 15.3. The summed E-state index contributed by atoms with van der Waals surface area (Å²) in [7, 11) is 0. The van der Waals surface area contributed by atoms with Gasteiger partial charge in [-0.15, -0.1) is 0 Å². The monoisotopic (exact) mass is 356 g/mol. The minimum atomic E-state index is -0.0504. The lowest BCUT2D eigenvalue weighted by molar-refractivity contribution is -0.137. The Morgan fingerprint density at radius 1 is 0.962 bits per heavy atom. The third-order valence-corrected chi connectivity index (χ3v) is 6.32. The number of hydrogen-bond donors (Lipinski definition) is 1. The fourth-order valence-electron chi connectivity index (χ4n) is 4.74. The van der Waals surface area contributed by atoms with Crippen LogP contribution in [0.3, 0.4) is 0 Å². The molecular formula is C20H28N4O2. The first-order chi connectivity index (χ1) is 12.7. The van der Waals surface area contributed by atoms with Crippen molar-refractivity contribution in [2.45, 2.75) is 25.7 Å². The van der Waals surface area contributed by atoms with Crippen LogP contribution in [0.5, 0.6) is 0 Å². The summed E-state index contributed by atoms with van der Waals surface area (Å²) in [6.45, 7) is 5.23. The maximum atomic E-state index is 13.1. The van der Waals surface area contributed by atoms with Gasteiger partial charge in [-0.25, -0.2) is 0 Å². The summed E-state index contributed by atoms with van der Waals surface area (Å²) in [5, 5.41) is 3.48. The van der Waals surface area contributed by atoms with E-state index in [0.29, 0.717) is 12.1 Å². The normalized spacial score (nSPS) is 29.2. The van der Waals surface area contributed by atoms with Crippen LogP contribution in [0.25, 0.3) is 0 Å². The minimum Gasteiger partial charge on any atom is -0.342 e. The van der Waals surface area contributed by atoms with Crippen LogP contribution in [0, 0.1) is 17.8 Å². The predicted octanol–water partition coefficient (Wildman–Crippen LogP) is 1.39. The number of aromatic nitrogens is 1. The van der Waals surface area contributed by atoms with Crippen LogP contribution in [-0.2, 0) is 4.79 Å². The van der Waals surface area contributed by atoms with Gasteiger partial charge in [0.25, 0.3) is 5.91 Å². The molecule has 26 heavy (non-hydrogen) atoms. The minimum absolute atomic E-state index is 0.0152. The molecule has 140 valence electrons. The van der Waals surface area contributed by atoms with Crippen LogP contribution >= 0.6 is 0 Å². The van der Waals surface area contributed by atoms with Crippen LogP contribution in [0.4, 0.5) is 0 Å². The zero-order valence-electron chi connectivity index (χ0n) is 15.3. The Bertz CT molecular complexity index is 636. The van der Waals surface area contributed by atoms with Gasteiger partial charge >= 0.3 is 0 Å². The molecule has 0 aromatic carbocycles. The lowest BCUT2D eigenvalue weighted by atomic mass is 9.92. The van der Waals surface area contributed by atoms with Gasteiger partial charge < -0.3 is 15.1 Å². The number of piperidine rings is 1. The molecule has 4 heterocycles. The van der Waals surface area contributed by atoms with Crippen molar-refractivity contribution in [3.05, 3.63) is 30.1 Å². The van der Waals surface area contributed by atoms with E-state index in [1.54, 1.807) is 24.5 Å². The number of carbonyl (C=O) groups is 2. The highest BCUT2D eigenvalue weighted by Gasteiger charge is 2.35. The molecule has 0 aliphatic carbocycles. The lowest BCUT2D eigenvalue weighted by Crippen LogP contribution is -2.47. The van der Waals surface area contributed by atoms with Crippen molar-refractivity contribution >= 4 is 11.8 Å². The molecule has 0 saturated carbocycles. The first kappa shape index (κ1) is 17.5. The quantitative estimate of drug-likeness (QED) is 0.870. The molecule has 3 aliphatic rings. The number of pyridine rings is 1. The van der Waals surface area contributed by atoms with Gasteiger partial charge in [0.2, 0.25) is 5.91 Å². The number of carbonyl (C=O) groups excluding carboxylic acids is 2. The summed E-state index contributed by atoms with van der Waals surface area (Å²) in [4.78, 5) is 33.7. The average Bonchev–Trinajstić information content (AvgIpc) is 3.06. The van der Waals surface area contributed by atoms with Gasteiger partial charge in [-0.05, 0) is 62.7 Å². The number of likely N-dealkylation sites (tertiary alicyclic amines) is 2. The molecule has 0 bridgehead atoms. The Balaban J connectivity index is 1.38. The SMILES string of the molecule is O=C(c1ccncc1)N1CCCC(C(=O)N2CC[C@@H]3CNC[C@@H]3CC2)C1. The second-order valence-electron chi connectivity index (χ2n) is 7.91. The van der Waals surface area contributed by atoms with Gasteiger partial charge in [0.1, 0.15) is 0 Å². The van der Waals surface area contributed by atoms with Gasteiger partial charge in [-0.3, -0.25) is 14.6 Å². The smallest absolute Gasteiger partial charge is 0.253 e. The molecule has 1 N–H and O–H groups in total. The van der Waals surface area contributed by atoms with E-state index in [0.717, 1.165) is 70.2 Å². The van der Waals surface area contributed by atoms with Gasteiger partial charge in [0.15, 0.2) is 0 Å². The van der Waals surface area contributed by atoms with Crippen molar-refractivity contribution in [3.8, 4) is 0 Å². The lowest BCUT2D eigenvalue weighted by Gasteiger charge is -2.35. The summed E-state index contributed by atoms with van der Waals surface area (Å²) in [6, 6.07) is 3.49. The van der Waals surface area contributed by atoms with Gasteiger partial charge in [-0.2, -0.15) is 0 Å². The summed E-state index contributed by atoms with van der Waals surface area (Å²) in [5.74, 6) is 1.67. The van der Waals surface area contributed by atoms with Crippen LogP contribution in [0.2, 0.25) is 0 Å². The van der Waals surface area contributed by atoms with Crippen LogP contribution in [-0.4, -0.2) is 65.9 Å². The molecule has 6 nitrogen and oxygen atoms in total. The third kappa shape index (κ3) is 3.61. The molecule has 3 atom stereocenters. The van der Waals surface area contributed by atoms with Crippen molar-refractivity contribution in [2.24, 2.45) is 17.8 Å². The van der Waals surface area contributed by atoms with Crippen molar-refractivity contribution < 1.29 is 9.59 Å². The molecular weight excluding hydrogens is 328 g/mol. The van der Waals surface area contributed by atoms with Crippen molar-refractivity contribution in [2.75, 3.05) is 39.3 Å². The number of nitrogens with zero attached hydrogens (tertiary/aromatic N) is 3. The molecule has 4 rings (SSSR count). The number of fused-ring (bicyclic) bond motifs is 1. The standard InChI is InChI=1S/C20H28N4O2/c25-19(15-3-7-21-8-4-15)24-9-1-2-18(14-24)20(26)23-10-5-16-12-22-13-17(16)6-11-23/h3-4,7-8,16-18,22H,1-2,5-6,9-14H2/t16-,17+,18?. The van der Waals surface area contributed by atoms with E-state index in [1.807, 2.05) is 4.90 Å². The molecule has 0 spiro atoms. The van der Waals surface area contributed by atoms with E-state index in [9.17, 15) is 9.59 Å². The highest BCUT2D eigenvalue weighted by Crippen LogP contribution is 2.29. The fourth-order valence-corrected chi connectivity index (χ4v) is 4.74. The topological polar surface area (TPSA) is 65.5 Å². The van der Waals surface area contributed by atoms with E-state index < -0.39 is 0 Å². The maximum absolute atomic E-state index is 13.1. The second kappa shape index (κ2) is 7.74. The third-order valence-electron chi connectivity index (χ3n) is 6.32. The first-order valence-corrected chi connectivity index (χ1v) is 9.91. The molecule has 3 saturated heterocycles. The molecule has 2 amide bonds. The predicted molar refractivity (Wildman–Crippen MR) is 98.5 cm³/mol. The van der Waals surface area contributed by atoms with E-state index in [4.69, 9.17) is 0 Å². The van der Waals surface area contributed by atoms with E-state index in [-0.39, 0.29) is 17.7 Å². The Labute approximate surface area is 155 Å². The van der Waals surface area contributed by atoms with Crippen LogP contribution in [0.1, 0.15) is 36.0 Å². The Morgan fingerprint density at radius 2 is 1.65 bits per heavy atom. The zero-order chi connectivity index (χ0) is 17.9. The molecule has 1 unspecified atom stereocenters. The van der Waals surface area contributed by atoms with Gasteiger partial charge in [0.05, 0.1) is 5.92 Å². The first-order valence-electron chi connectivity index (χ1n) is 9.91. The van der Waals surface area contributed by atoms with Crippen molar-refractivity contribution in [3.63, 3.8) is 0 Å². The van der Waals surface area contributed by atoms with Gasteiger partial charge in [-0.1, -0.05) is 0 Å². The number of rotatable bonds is 2. The van der Waals surface area contributed by atoms with Crippen LogP contribution < -0.4 is 5.32 Å². The Hall–Kier alpha value is -1.95. The molecule has 1 aromatic heterocycles. The molecule has 3 aliphatic heterocycles. The van der Waals surface area contributed by atoms with Crippen molar-refractivity contribution in [1.29, 1.82) is 0 Å². The molecule has 0 radical (unpaired) electrons. The van der Waals surface area contributed by atoms with Gasteiger partial charge in [0, 0.05) is 44.1 Å². The number of hydrogen-bond acceptors (Lipinski definition) is 4. The number of amides is 2. The van der Waals surface area contributed by atoms with E-state index >= 15 is 0 Å². The molecule has 3 fully saturated rings. The largest absolute Gasteiger partial charge is 0.342 e. The highest BCUT2D eigenvalue weighted by molar-refractivity contribution is 5.94. The second-order valence-corrected chi connectivity index (χ2v) is 7.91. The fraction of sp³-hybridized carbons (Fsp3) is 0.650. The Morgan fingerprint density at radius 3 is 2.35 bits per heavy atom. The summed E-state index contributed by atoms with van der Waals surface area (Å²) >= 11 is 0. The number of nitrogens with one attached hydrogen (secondary N) is 1. The van der Waals surface area contributed by atoms with Crippen molar-refractivity contribution in [1.82, 2.24) is 20.1 Å². The maximum Gasteiger partial charge on any atom is 0.253 e. The van der Waals surface area contributed by atoms with E-state index in [2.05, 4.69) is 15.2 Å².